The zero-order valence-corrected chi connectivity index (χ0v) is 19.8. The number of aromatic nitrogens is 4. The van der Waals surface area contributed by atoms with Gasteiger partial charge < -0.3 is 19.9 Å². The van der Waals surface area contributed by atoms with Crippen molar-refractivity contribution in [3.63, 3.8) is 0 Å². The Kier molecular flexibility index (Phi) is 5.04. The lowest BCUT2D eigenvalue weighted by atomic mass is 10.1. The molecule has 0 fully saturated rings. The van der Waals surface area contributed by atoms with Crippen LogP contribution in [0.5, 0.6) is 11.8 Å². The van der Waals surface area contributed by atoms with Crippen LogP contribution in [0.15, 0.2) is 24.5 Å². The Bertz CT molecular complexity index is 1540. The second kappa shape index (κ2) is 7.80. The average Bonchev–Trinajstić information content (AvgIpc) is 3.07. The van der Waals surface area contributed by atoms with E-state index < -0.39 is 13.2 Å². The first-order valence-corrected chi connectivity index (χ1v) is 13.5. The molecule has 1 atom stereocenters. The molecule has 1 aliphatic heterocycles. The molecule has 0 radical (unpaired) electrons. The summed E-state index contributed by atoms with van der Waals surface area (Å²) in [6.45, 7) is 5.40. The molecule has 1 aliphatic rings. The van der Waals surface area contributed by atoms with Crippen LogP contribution in [-0.2, 0) is 4.57 Å². The molecule has 3 aromatic heterocycles. The summed E-state index contributed by atoms with van der Waals surface area (Å²) in [6, 6.07) is 3.33. The van der Waals surface area contributed by atoms with Gasteiger partial charge in [-0.05, 0) is 32.4 Å². The number of anilines is 1. The maximum Gasteiger partial charge on any atom is 0.264 e. The topological polar surface area (TPSA) is 119 Å². The van der Waals surface area contributed by atoms with E-state index in [0.29, 0.717) is 39.3 Å². The molecule has 0 saturated heterocycles. The first-order valence-electron chi connectivity index (χ1n) is 10.0. The smallest absolute Gasteiger partial charge is 0.264 e. The van der Waals surface area contributed by atoms with Crippen LogP contribution in [-0.4, -0.2) is 51.8 Å². The Labute approximate surface area is 193 Å². The Morgan fingerprint density at radius 1 is 1.24 bits per heavy atom. The molecule has 1 aromatic carbocycles. The van der Waals surface area contributed by atoms with Gasteiger partial charge >= 0.3 is 0 Å². The number of nitrogens with one attached hydrogen (secondary N) is 2. The fourth-order valence-electron chi connectivity index (χ4n) is 3.59. The predicted octanol–water partition coefficient (Wildman–Crippen LogP) is 3.14. The van der Waals surface area contributed by atoms with Crippen molar-refractivity contribution in [3.05, 3.63) is 35.2 Å². The second-order valence-corrected chi connectivity index (χ2v) is 12.2. The zero-order chi connectivity index (χ0) is 23.3. The Hall–Kier alpha value is -3.54. The quantitative estimate of drug-likeness (QED) is 0.341. The molecule has 0 saturated carbocycles. The van der Waals surface area contributed by atoms with E-state index in [9.17, 15) is 9.36 Å². The Balaban J connectivity index is 1.60. The molecule has 33 heavy (non-hydrogen) atoms. The van der Waals surface area contributed by atoms with Gasteiger partial charge in [0.25, 0.3) is 5.91 Å². The summed E-state index contributed by atoms with van der Waals surface area (Å²) in [7, 11) is -2.67. The highest BCUT2D eigenvalue weighted by Crippen LogP contribution is 2.41. The van der Waals surface area contributed by atoms with Crippen molar-refractivity contribution in [2.24, 2.45) is 0 Å². The number of fused-ring (bicyclic) bond motifs is 5. The highest BCUT2D eigenvalue weighted by molar-refractivity contribution is 7.70. The molecule has 166 valence electrons. The number of nitrogens with zero attached hydrogens (tertiary/aromatic N) is 4. The van der Waals surface area contributed by atoms with Gasteiger partial charge in [-0.15, -0.1) is 17.8 Å². The lowest BCUT2D eigenvalue weighted by molar-refractivity contribution is 0.0954. The van der Waals surface area contributed by atoms with Crippen molar-refractivity contribution in [3.8, 4) is 24.1 Å². The summed E-state index contributed by atoms with van der Waals surface area (Å²) in [5, 5.41) is 7.37. The molecule has 1 amide bonds. The SMILES string of the molecule is C#C[C@@H]1CNc2c(sc3ccc4nc(Oc5nc(C)ncc5P(C)(C)=O)cnc4c23)C(=O)N1. The number of carbonyl (C=O) groups excluding carboxylic acids is 1. The monoisotopic (exact) mass is 478 g/mol. The van der Waals surface area contributed by atoms with Crippen LogP contribution in [0.4, 0.5) is 5.69 Å². The number of carbonyl (C=O) groups is 1. The Morgan fingerprint density at radius 3 is 2.82 bits per heavy atom. The van der Waals surface area contributed by atoms with E-state index in [2.05, 4.69) is 36.5 Å². The summed E-state index contributed by atoms with van der Waals surface area (Å²) in [5.41, 5.74) is 1.92. The average molecular weight is 478 g/mol. The molecular formula is C22H19N6O3PS. The van der Waals surface area contributed by atoms with Gasteiger partial charge in [0.1, 0.15) is 23.9 Å². The summed E-state index contributed by atoms with van der Waals surface area (Å²) >= 11 is 1.37. The van der Waals surface area contributed by atoms with E-state index in [0.717, 1.165) is 10.1 Å². The summed E-state index contributed by atoms with van der Waals surface area (Å²) in [5.74, 6) is 3.27. The molecular weight excluding hydrogens is 459 g/mol. The number of aryl methyl sites for hydroxylation is 1. The maximum absolute atomic E-state index is 12.7. The van der Waals surface area contributed by atoms with Gasteiger partial charge in [-0.1, -0.05) is 5.92 Å². The lowest BCUT2D eigenvalue weighted by Gasteiger charge is -2.13. The van der Waals surface area contributed by atoms with Crippen molar-refractivity contribution in [1.82, 2.24) is 25.3 Å². The standard InChI is InChI=1S/C22H19N6O3PS/c1-5-12-8-24-19-17-15(33-20(19)21(29)27-12)7-6-13-18(17)25-10-16(28-13)31-22-14(32(3,4)30)9-23-11(2)26-22/h1,6-7,9-10,12,24H,8H2,2-4H3,(H,27,29)/t12-/m1/s1. The summed E-state index contributed by atoms with van der Waals surface area (Å²) in [4.78, 5) is 30.8. The number of benzene rings is 1. The first-order chi connectivity index (χ1) is 15.7. The summed E-state index contributed by atoms with van der Waals surface area (Å²) in [6.07, 6.45) is 8.52. The fourth-order valence-corrected chi connectivity index (χ4v) is 5.57. The number of rotatable bonds is 3. The molecule has 4 aromatic rings. The number of amides is 1. The van der Waals surface area contributed by atoms with Gasteiger partial charge in [0.15, 0.2) is 0 Å². The van der Waals surface area contributed by atoms with Crippen molar-refractivity contribution in [2.45, 2.75) is 13.0 Å². The third-order valence-electron chi connectivity index (χ3n) is 5.18. The van der Waals surface area contributed by atoms with E-state index in [1.807, 2.05) is 12.1 Å². The van der Waals surface area contributed by atoms with Crippen LogP contribution in [0.25, 0.3) is 21.1 Å². The van der Waals surface area contributed by atoms with E-state index in [1.165, 1.54) is 23.7 Å². The van der Waals surface area contributed by atoms with Crippen LogP contribution in [0, 0.1) is 19.3 Å². The minimum Gasteiger partial charge on any atom is -0.418 e. The fraction of sp³-hybridized carbons (Fsp3) is 0.227. The van der Waals surface area contributed by atoms with E-state index in [1.54, 1.807) is 20.3 Å². The number of hydrogen-bond donors (Lipinski definition) is 2. The normalized spacial score (nSPS) is 15.9. The molecule has 0 bridgehead atoms. The first kappa shape index (κ1) is 21.3. The van der Waals surface area contributed by atoms with Crippen molar-refractivity contribution >= 4 is 56.5 Å². The zero-order valence-electron chi connectivity index (χ0n) is 18.0. The minimum absolute atomic E-state index is 0.202. The van der Waals surface area contributed by atoms with Crippen molar-refractivity contribution < 1.29 is 14.1 Å². The summed E-state index contributed by atoms with van der Waals surface area (Å²) < 4.78 is 19.5. The van der Waals surface area contributed by atoms with Crippen LogP contribution >= 0.6 is 18.5 Å². The number of hydrogen-bond acceptors (Lipinski definition) is 9. The number of thiophene rings is 1. The van der Waals surface area contributed by atoms with Gasteiger partial charge in [0.2, 0.25) is 11.8 Å². The van der Waals surface area contributed by atoms with Gasteiger partial charge in [0.05, 0.1) is 28.2 Å². The molecule has 11 heteroatoms. The van der Waals surface area contributed by atoms with E-state index in [-0.39, 0.29) is 17.7 Å². The molecule has 5 rings (SSSR count). The number of ether oxygens (including phenoxy) is 1. The third-order valence-corrected chi connectivity index (χ3v) is 7.80. The van der Waals surface area contributed by atoms with E-state index >= 15 is 0 Å². The van der Waals surface area contributed by atoms with Crippen LogP contribution in [0.3, 0.4) is 0 Å². The highest BCUT2D eigenvalue weighted by Gasteiger charge is 2.26. The minimum atomic E-state index is -2.67. The molecule has 2 N–H and O–H groups in total. The second-order valence-electron chi connectivity index (χ2n) is 7.96. The highest BCUT2D eigenvalue weighted by atomic mass is 32.1. The van der Waals surface area contributed by atoms with Gasteiger partial charge in [-0.3, -0.25) is 4.79 Å². The third kappa shape index (κ3) is 3.80. The van der Waals surface area contributed by atoms with Crippen LogP contribution in [0.2, 0.25) is 0 Å². The Morgan fingerprint density at radius 2 is 2.06 bits per heavy atom. The van der Waals surface area contributed by atoms with Gasteiger partial charge in [-0.25, -0.2) is 15.0 Å². The lowest BCUT2D eigenvalue weighted by Crippen LogP contribution is -2.35. The van der Waals surface area contributed by atoms with Crippen molar-refractivity contribution in [2.75, 3.05) is 25.2 Å². The van der Waals surface area contributed by atoms with Crippen LogP contribution in [0.1, 0.15) is 15.5 Å². The molecule has 4 heterocycles. The largest absolute Gasteiger partial charge is 0.418 e. The molecule has 0 spiro atoms. The van der Waals surface area contributed by atoms with Gasteiger partial charge in [-0.2, -0.15) is 4.98 Å². The molecule has 9 nitrogen and oxygen atoms in total. The molecule has 0 aliphatic carbocycles. The van der Waals surface area contributed by atoms with Crippen LogP contribution < -0.4 is 20.7 Å². The van der Waals surface area contributed by atoms with Gasteiger partial charge in [0, 0.05) is 22.8 Å². The van der Waals surface area contributed by atoms with Crippen molar-refractivity contribution in [1.29, 1.82) is 0 Å². The maximum atomic E-state index is 12.7. The predicted molar refractivity (Wildman–Crippen MR) is 129 cm³/mol. The molecule has 0 unspecified atom stereocenters. The number of terminal acetylenes is 1. The van der Waals surface area contributed by atoms with E-state index in [4.69, 9.17) is 11.2 Å².